The molecule has 0 spiro atoms. The van der Waals surface area contributed by atoms with Crippen LogP contribution in [0.25, 0.3) is 0 Å². The Balaban J connectivity index is 1.42. The third-order valence-electron chi connectivity index (χ3n) is 6.31. The van der Waals surface area contributed by atoms with E-state index in [1.807, 2.05) is 47.0 Å². The topological polar surface area (TPSA) is 89.3 Å². The first-order valence-corrected chi connectivity index (χ1v) is 12.7. The number of ether oxygens (including phenoxy) is 3. The Kier molecular flexibility index (Phi) is 9.50. The number of amides is 1. The number of hydrogen-bond acceptors (Lipinski definition) is 7. The summed E-state index contributed by atoms with van der Waals surface area (Å²) >= 11 is 0. The first kappa shape index (κ1) is 28.5. The summed E-state index contributed by atoms with van der Waals surface area (Å²) in [4.78, 5) is 16.2. The van der Waals surface area contributed by atoms with E-state index >= 15 is 0 Å². The Morgan fingerprint density at radius 2 is 1.87 bits per heavy atom. The normalized spacial score (nSPS) is 18.1. The standard InChI is InChI=1S/C28H34F2N4O5/c1-21-14-31-34(15-21)8-9-38-25-5-3-4-22(10-25)16-32-6-7-33(27(35)17-37-2)19-28(36,18-32)20-39-26-12-23(29)11-24(30)13-26/h3-5,10-15,36H,6-9,16-20H2,1-2H3/t28-/m1/s1. The van der Waals surface area contributed by atoms with Crippen LogP contribution in [0.15, 0.2) is 54.9 Å². The number of carbonyl (C=O) groups is 1. The Bertz CT molecular complexity index is 1240. The van der Waals surface area contributed by atoms with Crippen LogP contribution in [0, 0.1) is 18.6 Å². The molecule has 9 nitrogen and oxygen atoms in total. The molecular weight excluding hydrogens is 510 g/mol. The fourth-order valence-electron chi connectivity index (χ4n) is 4.56. The average Bonchev–Trinajstić information content (AvgIpc) is 3.21. The molecule has 3 aromatic rings. The van der Waals surface area contributed by atoms with Gasteiger partial charge in [-0.05, 0) is 30.2 Å². The maximum absolute atomic E-state index is 13.6. The molecule has 1 atom stereocenters. The highest BCUT2D eigenvalue weighted by atomic mass is 19.1. The Labute approximate surface area is 226 Å². The van der Waals surface area contributed by atoms with Gasteiger partial charge in [-0.15, -0.1) is 0 Å². The van der Waals surface area contributed by atoms with E-state index in [1.165, 1.54) is 12.0 Å². The molecule has 0 unspecified atom stereocenters. The van der Waals surface area contributed by atoms with E-state index in [0.29, 0.717) is 32.8 Å². The third-order valence-corrected chi connectivity index (χ3v) is 6.31. The van der Waals surface area contributed by atoms with E-state index in [2.05, 4.69) is 5.10 Å². The van der Waals surface area contributed by atoms with Gasteiger partial charge in [0.15, 0.2) is 0 Å². The van der Waals surface area contributed by atoms with Crippen molar-refractivity contribution in [3.8, 4) is 11.5 Å². The highest BCUT2D eigenvalue weighted by Crippen LogP contribution is 2.22. The number of rotatable bonds is 11. The first-order valence-electron chi connectivity index (χ1n) is 12.7. The number of benzene rings is 2. The van der Waals surface area contributed by atoms with Gasteiger partial charge in [-0.1, -0.05) is 12.1 Å². The number of β-amino-alcohol motifs (C(OH)–C–C–N with tert-alkyl or cyclic N) is 1. The molecule has 210 valence electrons. The van der Waals surface area contributed by atoms with E-state index in [9.17, 15) is 18.7 Å². The lowest BCUT2D eigenvalue weighted by molar-refractivity contribution is -0.138. The minimum absolute atomic E-state index is 0.0143. The van der Waals surface area contributed by atoms with Gasteiger partial charge in [0.2, 0.25) is 5.91 Å². The number of halogens is 2. The van der Waals surface area contributed by atoms with Gasteiger partial charge < -0.3 is 24.2 Å². The molecular formula is C28H34F2N4O5. The minimum atomic E-state index is -1.50. The summed E-state index contributed by atoms with van der Waals surface area (Å²) in [6, 6.07) is 10.5. The number of aromatic nitrogens is 2. The van der Waals surface area contributed by atoms with E-state index in [-0.39, 0.29) is 38.0 Å². The van der Waals surface area contributed by atoms with Crippen LogP contribution in [0.1, 0.15) is 11.1 Å². The zero-order valence-electron chi connectivity index (χ0n) is 22.2. The molecule has 0 bridgehead atoms. The maximum atomic E-state index is 13.6. The van der Waals surface area contributed by atoms with Crippen LogP contribution >= 0.6 is 0 Å². The molecule has 1 fully saturated rings. The van der Waals surface area contributed by atoms with E-state index in [1.54, 1.807) is 6.20 Å². The molecule has 1 N–H and O–H groups in total. The lowest BCUT2D eigenvalue weighted by Crippen LogP contribution is -2.52. The predicted molar refractivity (Wildman–Crippen MR) is 139 cm³/mol. The zero-order valence-corrected chi connectivity index (χ0v) is 22.2. The quantitative estimate of drug-likeness (QED) is 0.397. The van der Waals surface area contributed by atoms with Gasteiger partial charge >= 0.3 is 0 Å². The minimum Gasteiger partial charge on any atom is -0.492 e. The van der Waals surface area contributed by atoms with Gasteiger partial charge in [-0.25, -0.2) is 8.78 Å². The highest BCUT2D eigenvalue weighted by molar-refractivity contribution is 5.77. The number of nitrogens with zero attached hydrogens (tertiary/aromatic N) is 4. The van der Waals surface area contributed by atoms with Crippen LogP contribution < -0.4 is 9.47 Å². The van der Waals surface area contributed by atoms with Crippen molar-refractivity contribution < 1.29 is 32.9 Å². The molecule has 11 heteroatoms. The van der Waals surface area contributed by atoms with Crippen molar-refractivity contribution in [1.29, 1.82) is 0 Å². The molecule has 0 aliphatic carbocycles. The lowest BCUT2D eigenvalue weighted by Gasteiger charge is -2.33. The average molecular weight is 545 g/mol. The van der Waals surface area contributed by atoms with Crippen LogP contribution in [0.3, 0.4) is 0 Å². The second-order valence-corrected chi connectivity index (χ2v) is 9.85. The molecule has 2 aromatic carbocycles. The summed E-state index contributed by atoms with van der Waals surface area (Å²) in [5, 5.41) is 15.8. The van der Waals surface area contributed by atoms with Crippen molar-refractivity contribution in [1.82, 2.24) is 19.6 Å². The molecule has 2 heterocycles. The number of hydrogen-bond donors (Lipinski definition) is 1. The number of aliphatic hydroxyl groups is 1. The summed E-state index contributed by atoms with van der Waals surface area (Å²) in [6.45, 7) is 4.19. The molecule has 4 rings (SSSR count). The Hall–Kier alpha value is -3.54. The molecule has 1 aromatic heterocycles. The second kappa shape index (κ2) is 13.0. The summed E-state index contributed by atoms with van der Waals surface area (Å²) in [7, 11) is 1.43. The molecule has 39 heavy (non-hydrogen) atoms. The molecule has 1 aliphatic rings. The third kappa shape index (κ3) is 8.47. The van der Waals surface area contributed by atoms with Crippen LogP contribution in [0.5, 0.6) is 11.5 Å². The van der Waals surface area contributed by atoms with Gasteiger partial charge in [0.05, 0.1) is 19.3 Å². The summed E-state index contributed by atoms with van der Waals surface area (Å²) in [5.41, 5.74) is 0.554. The fourth-order valence-corrected chi connectivity index (χ4v) is 4.56. The number of aryl methyl sites for hydroxylation is 1. The van der Waals surface area contributed by atoms with Crippen molar-refractivity contribution in [3.05, 3.63) is 77.6 Å². The number of carbonyl (C=O) groups excluding carboxylic acids is 1. The zero-order chi connectivity index (χ0) is 27.8. The Morgan fingerprint density at radius 1 is 1.08 bits per heavy atom. The van der Waals surface area contributed by atoms with Crippen LogP contribution in [-0.4, -0.2) is 89.3 Å². The monoisotopic (exact) mass is 544 g/mol. The smallest absolute Gasteiger partial charge is 0.248 e. The summed E-state index contributed by atoms with van der Waals surface area (Å²) in [5.74, 6) is -1.15. The number of methoxy groups -OCH3 is 1. The van der Waals surface area contributed by atoms with E-state index in [4.69, 9.17) is 14.2 Å². The second-order valence-electron chi connectivity index (χ2n) is 9.85. The summed E-state index contributed by atoms with van der Waals surface area (Å²) < 4.78 is 45.6. The highest BCUT2D eigenvalue weighted by Gasteiger charge is 2.37. The molecule has 1 aliphatic heterocycles. The van der Waals surface area contributed by atoms with E-state index < -0.39 is 17.2 Å². The predicted octanol–water partition coefficient (Wildman–Crippen LogP) is 2.65. The molecule has 0 radical (unpaired) electrons. The first-order chi connectivity index (χ1) is 18.7. The van der Waals surface area contributed by atoms with Crippen LogP contribution in [-0.2, 0) is 22.6 Å². The van der Waals surface area contributed by atoms with Gasteiger partial charge in [-0.3, -0.25) is 14.4 Å². The van der Waals surface area contributed by atoms with Crippen molar-refractivity contribution in [2.24, 2.45) is 0 Å². The maximum Gasteiger partial charge on any atom is 0.248 e. The SMILES string of the molecule is COCC(=O)N1CCN(Cc2cccc(OCCn3cc(C)cn3)c2)C[C@](O)(COc2cc(F)cc(F)c2)C1. The van der Waals surface area contributed by atoms with Crippen molar-refractivity contribution in [3.63, 3.8) is 0 Å². The van der Waals surface area contributed by atoms with Crippen molar-refractivity contribution >= 4 is 5.91 Å². The van der Waals surface area contributed by atoms with Gasteiger partial charge in [0.25, 0.3) is 0 Å². The van der Waals surface area contributed by atoms with E-state index in [0.717, 1.165) is 35.1 Å². The molecule has 0 saturated carbocycles. The fraction of sp³-hybridized carbons (Fsp3) is 0.429. The van der Waals surface area contributed by atoms with Gasteiger partial charge in [-0.2, -0.15) is 5.10 Å². The molecule has 1 saturated heterocycles. The van der Waals surface area contributed by atoms with Crippen LogP contribution in [0.2, 0.25) is 0 Å². The largest absolute Gasteiger partial charge is 0.492 e. The van der Waals surface area contributed by atoms with Crippen molar-refractivity contribution in [2.75, 3.05) is 53.1 Å². The lowest BCUT2D eigenvalue weighted by atomic mass is 10.0. The van der Waals surface area contributed by atoms with Crippen LogP contribution in [0.4, 0.5) is 8.78 Å². The Morgan fingerprint density at radius 3 is 2.59 bits per heavy atom. The van der Waals surface area contributed by atoms with Crippen molar-refractivity contribution in [2.45, 2.75) is 25.6 Å². The summed E-state index contributed by atoms with van der Waals surface area (Å²) in [6.07, 6.45) is 3.75. The molecule has 1 amide bonds. The van der Waals surface area contributed by atoms with Gasteiger partial charge in [0.1, 0.15) is 48.6 Å². The van der Waals surface area contributed by atoms with Gasteiger partial charge in [0, 0.05) is 57.7 Å².